The lowest BCUT2D eigenvalue weighted by molar-refractivity contribution is -0.129. The number of aromatic nitrogens is 1. The molecule has 3 rings (SSSR count). The monoisotopic (exact) mass is 357 g/mol. The van der Waals surface area contributed by atoms with Crippen molar-refractivity contribution in [1.29, 1.82) is 0 Å². The van der Waals surface area contributed by atoms with Crippen LogP contribution in [0, 0.1) is 0 Å². The molecule has 25 heavy (non-hydrogen) atoms. The molecule has 0 bridgehead atoms. The Kier molecular flexibility index (Phi) is 6.17. The van der Waals surface area contributed by atoms with Crippen LogP contribution in [0.1, 0.15) is 12.8 Å². The van der Waals surface area contributed by atoms with Crippen molar-refractivity contribution in [2.75, 3.05) is 31.3 Å². The lowest BCUT2D eigenvalue weighted by Gasteiger charge is -2.33. The molecule has 2 aromatic rings. The number of anilines is 1. The number of benzene rings is 1. The van der Waals surface area contributed by atoms with Crippen molar-refractivity contribution >= 4 is 23.4 Å². The topological polar surface area (TPSA) is 54.5 Å². The summed E-state index contributed by atoms with van der Waals surface area (Å²) in [5, 5.41) is 3.53. The Morgan fingerprint density at radius 3 is 2.76 bits per heavy atom. The first-order valence-electron chi connectivity index (χ1n) is 8.46. The van der Waals surface area contributed by atoms with Crippen molar-refractivity contribution in [2.24, 2.45) is 0 Å². The van der Waals surface area contributed by atoms with Gasteiger partial charge in [0, 0.05) is 42.1 Å². The molecule has 5 nitrogen and oxygen atoms in total. The quantitative estimate of drug-likeness (QED) is 0.804. The molecule has 2 heterocycles. The third-order valence-electron chi connectivity index (χ3n) is 4.25. The second-order valence-corrected chi connectivity index (χ2v) is 7.07. The fraction of sp³-hybridized carbons (Fsp3) is 0.368. The normalized spacial score (nSPS) is 17.2. The zero-order valence-electron chi connectivity index (χ0n) is 14.4. The molecule has 0 unspecified atom stereocenters. The van der Waals surface area contributed by atoms with E-state index in [0.717, 1.165) is 42.3 Å². The Labute approximate surface area is 152 Å². The van der Waals surface area contributed by atoms with Gasteiger partial charge in [0.25, 0.3) is 0 Å². The molecule has 1 atom stereocenters. The minimum absolute atomic E-state index is 0.197. The van der Waals surface area contributed by atoms with Crippen LogP contribution in [-0.2, 0) is 4.79 Å². The van der Waals surface area contributed by atoms with Gasteiger partial charge < -0.3 is 15.0 Å². The zero-order valence-corrected chi connectivity index (χ0v) is 15.2. The van der Waals surface area contributed by atoms with Gasteiger partial charge in [-0.15, -0.1) is 11.8 Å². The summed E-state index contributed by atoms with van der Waals surface area (Å²) in [6.45, 7) is 1.60. The molecule has 1 aliphatic rings. The third kappa shape index (κ3) is 5.13. The van der Waals surface area contributed by atoms with Crippen molar-refractivity contribution in [1.82, 2.24) is 9.88 Å². The number of nitrogens with zero attached hydrogens (tertiary/aromatic N) is 2. The first-order chi connectivity index (χ1) is 12.2. The number of methoxy groups -OCH3 is 1. The molecule has 1 aliphatic heterocycles. The summed E-state index contributed by atoms with van der Waals surface area (Å²) >= 11 is 1.57. The Morgan fingerprint density at radius 2 is 2.04 bits per heavy atom. The van der Waals surface area contributed by atoms with Gasteiger partial charge in [-0.3, -0.25) is 9.78 Å². The molecule has 1 fully saturated rings. The van der Waals surface area contributed by atoms with Crippen molar-refractivity contribution < 1.29 is 9.53 Å². The van der Waals surface area contributed by atoms with E-state index in [1.807, 2.05) is 41.3 Å². The highest BCUT2D eigenvalue weighted by Gasteiger charge is 2.23. The van der Waals surface area contributed by atoms with E-state index < -0.39 is 0 Å². The number of ether oxygens (including phenoxy) is 1. The number of thioether (sulfide) groups is 1. The fourth-order valence-electron chi connectivity index (χ4n) is 2.92. The van der Waals surface area contributed by atoms with Crippen LogP contribution >= 0.6 is 11.8 Å². The first-order valence-corrected chi connectivity index (χ1v) is 9.44. The fourth-order valence-corrected chi connectivity index (χ4v) is 3.70. The number of carbonyl (C=O) groups is 1. The van der Waals surface area contributed by atoms with Gasteiger partial charge in [0.05, 0.1) is 12.9 Å². The average molecular weight is 357 g/mol. The standard InChI is InChI=1S/C19H23N3O2S/c1-24-17-6-4-15(5-7-17)21-16-3-2-12-22(13-16)19(23)14-25-18-8-10-20-11-9-18/h4-11,16,21H,2-3,12-14H2,1H3/t16-/m0/s1. The molecule has 1 amide bonds. The molecule has 1 saturated heterocycles. The summed E-state index contributed by atoms with van der Waals surface area (Å²) in [5.41, 5.74) is 1.06. The predicted octanol–water partition coefficient (Wildman–Crippen LogP) is 3.29. The van der Waals surface area contributed by atoms with E-state index in [-0.39, 0.29) is 11.9 Å². The van der Waals surface area contributed by atoms with Gasteiger partial charge >= 0.3 is 0 Å². The molecular weight excluding hydrogens is 334 g/mol. The van der Waals surface area contributed by atoms with Crippen LogP contribution < -0.4 is 10.1 Å². The number of piperidine rings is 1. The van der Waals surface area contributed by atoms with Gasteiger partial charge in [-0.25, -0.2) is 0 Å². The first kappa shape index (κ1) is 17.6. The van der Waals surface area contributed by atoms with Crippen LogP contribution in [0.5, 0.6) is 5.75 Å². The van der Waals surface area contributed by atoms with Crippen molar-refractivity contribution in [3.63, 3.8) is 0 Å². The van der Waals surface area contributed by atoms with E-state index in [1.165, 1.54) is 0 Å². The summed E-state index contributed by atoms with van der Waals surface area (Å²) in [5.74, 6) is 1.52. The number of pyridine rings is 1. The zero-order chi connectivity index (χ0) is 17.5. The van der Waals surface area contributed by atoms with Gasteiger partial charge in [0.2, 0.25) is 5.91 Å². The molecule has 1 N–H and O–H groups in total. The lowest BCUT2D eigenvalue weighted by atomic mass is 10.1. The maximum absolute atomic E-state index is 12.5. The van der Waals surface area contributed by atoms with Gasteiger partial charge in [-0.05, 0) is 49.2 Å². The SMILES string of the molecule is COc1ccc(N[C@H]2CCCN(C(=O)CSc3ccncc3)C2)cc1. The van der Waals surface area contributed by atoms with E-state index in [2.05, 4.69) is 10.3 Å². The van der Waals surface area contributed by atoms with Crippen LogP contribution in [0.2, 0.25) is 0 Å². The second kappa shape index (κ2) is 8.76. The minimum atomic E-state index is 0.197. The Hall–Kier alpha value is -2.21. The van der Waals surface area contributed by atoms with Crippen LogP contribution in [0.4, 0.5) is 5.69 Å². The molecule has 0 saturated carbocycles. The average Bonchev–Trinajstić information content (AvgIpc) is 2.68. The van der Waals surface area contributed by atoms with Gasteiger partial charge in [-0.1, -0.05) is 0 Å². The Morgan fingerprint density at radius 1 is 1.28 bits per heavy atom. The van der Waals surface area contributed by atoms with E-state index in [0.29, 0.717) is 5.75 Å². The van der Waals surface area contributed by atoms with Gasteiger partial charge in [0.15, 0.2) is 0 Å². The van der Waals surface area contributed by atoms with E-state index >= 15 is 0 Å². The summed E-state index contributed by atoms with van der Waals surface area (Å²) in [6.07, 6.45) is 5.61. The van der Waals surface area contributed by atoms with Gasteiger partial charge in [0.1, 0.15) is 5.75 Å². The molecule has 1 aromatic heterocycles. The van der Waals surface area contributed by atoms with Gasteiger partial charge in [-0.2, -0.15) is 0 Å². The molecule has 1 aromatic carbocycles. The second-order valence-electron chi connectivity index (χ2n) is 6.02. The number of nitrogens with one attached hydrogen (secondary N) is 1. The van der Waals surface area contributed by atoms with Crippen LogP contribution in [0.15, 0.2) is 53.7 Å². The van der Waals surface area contributed by atoms with Crippen molar-refractivity contribution in [3.8, 4) is 5.75 Å². The number of likely N-dealkylation sites (tertiary alicyclic amines) is 1. The van der Waals surface area contributed by atoms with E-state index in [4.69, 9.17) is 4.74 Å². The van der Waals surface area contributed by atoms with Crippen molar-refractivity contribution in [3.05, 3.63) is 48.8 Å². The minimum Gasteiger partial charge on any atom is -0.497 e. The molecule has 6 heteroatoms. The van der Waals surface area contributed by atoms with Crippen molar-refractivity contribution in [2.45, 2.75) is 23.8 Å². The molecule has 132 valence electrons. The summed E-state index contributed by atoms with van der Waals surface area (Å²) < 4.78 is 5.18. The van der Waals surface area contributed by atoms with Crippen LogP contribution in [-0.4, -0.2) is 47.8 Å². The molecule has 0 aliphatic carbocycles. The summed E-state index contributed by atoms with van der Waals surface area (Å²) in [4.78, 5) is 19.5. The molecular formula is C19H23N3O2S. The highest BCUT2D eigenvalue weighted by Crippen LogP contribution is 2.21. The number of carbonyl (C=O) groups excluding carboxylic acids is 1. The third-order valence-corrected chi connectivity index (χ3v) is 5.24. The molecule has 0 spiro atoms. The number of amides is 1. The molecule has 0 radical (unpaired) electrons. The lowest BCUT2D eigenvalue weighted by Crippen LogP contribution is -2.45. The Bertz CT molecular complexity index is 679. The Balaban J connectivity index is 1.50. The summed E-state index contributed by atoms with van der Waals surface area (Å²) in [6, 6.07) is 12.1. The highest BCUT2D eigenvalue weighted by molar-refractivity contribution is 8.00. The smallest absolute Gasteiger partial charge is 0.233 e. The largest absolute Gasteiger partial charge is 0.497 e. The summed E-state index contributed by atoms with van der Waals surface area (Å²) in [7, 11) is 1.66. The maximum atomic E-state index is 12.5. The number of hydrogen-bond donors (Lipinski definition) is 1. The number of hydrogen-bond acceptors (Lipinski definition) is 5. The number of rotatable bonds is 6. The van der Waals surface area contributed by atoms with E-state index in [9.17, 15) is 4.79 Å². The highest BCUT2D eigenvalue weighted by atomic mass is 32.2. The van der Waals surface area contributed by atoms with E-state index in [1.54, 1.807) is 31.3 Å². The maximum Gasteiger partial charge on any atom is 0.233 e. The van der Waals surface area contributed by atoms with Crippen LogP contribution in [0.3, 0.4) is 0 Å². The predicted molar refractivity (Wildman–Crippen MR) is 101 cm³/mol. The van der Waals surface area contributed by atoms with Crippen LogP contribution in [0.25, 0.3) is 0 Å².